The number of rotatable bonds is 4. The molecule has 0 bridgehead atoms. The van der Waals surface area contributed by atoms with Crippen molar-refractivity contribution >= 4 is 22.6 Å². The molecule has 0 atom stereocenters. The van der Waals surface area contributed by atoms with E-state index < -0.39 is 0 Å². The van der Waals surface area contributed by atoms with E-state index in [2.05, 4.69) is 28.7 Å². The summed E-state index contributed by atoms with van der Waals surface area (Å²) in [5, 5.41) is 8.91. The van der Waals surface area contributed by atoms with Crippen LogP contribution in [0.3, 0.4) is 0 Å². The third-order valence-electron chi connectivity index (χ3n) is 2.62. The highest BCUT2D eigenvalue weighted by Crippen LogP contribution is 2.22. The van der Waals surface area contributed by atoms with E-state index in [1.807, 2.05) is 24.3 Å². The molecule has 2 rings (SSSR count). The summed E-state index contributed by atoms with van der Waals surface area (Å²) in [6.45, 7) is 0.374. The molecule has 0 aromatic heterocycles. The summed E-state index contributed by atoms with van der Waals surface area (Å²) in [6.07, 6.45) is 0. The maximum atomic E-state index is 8.91. The normalized spacial score (nSPS) is 9.74. The molecule has 2 aromatic rings. The van der Waals surface area contributed by atoms with Crippen LogP contribution >= 0.6 is 22.6 Å². The van der Waals surface area contributed by atoms with Gasteiger partial charge in [0.2, 0.25) is 0 Å². The average molecular weight is 365 g/mol. The Morgan fingerprint density at radius 2 is 1.89 bits per heavy atom. The van der Waals surface area contributed by atoms with Crippen molar-refractivity contribution < 1.29 is 9.47 Å². The van der Waals surface area contributed by atoms with Crippen LogP contribution < -0.4 is 9.47 Å². The minimum absolute atomic E-state index is 0.374. The van der Waals surface area contributed by atoms with Crippen molar-refractivity contribution in [3.05, 3.63) is 57.2 Å². The van der Waals surface area contributed by atoms with Crippen molar-refractivity contribution in [3.63, 3.8) is 0 Å². The van der Waals surface area contributed by atoms with Gasteiger partial charge in [0.1, 0.15) is 18.1 Å². The second-order valence-corrected chi connectivity index (χ2v) is 5.13. The van der Waals surface area contributed by atoms with E-state index in [1.165, 1.54) is 0 Å². The topological polar surface area (TPSA) is 42.2 Å². The van der Waals surface area contributed by atoms with Crippen molar-refractivity contribution in [3.8, 4) is 17.6 Å². The molecular weight excluding hydrogens is 353 g/mol. The van der Waals surface area contributed by atoms with E-state index in [9.17, 15) is 0 Å². The highest BCUT2D eigenvalue weighted by molar-refractivity contribution is 14.1. The van der Waals surface area contributed by atoms with Gasteiger partial charge in [-0.25, -0.2) is 0 Å². The van der Waals surface area contributed by atoms with E-state index in [-0.39, 0.29) is 0 Å². The molecular formula is C15H12INO2. The summed E-state index contributed by atoms with van der Waals surface area (Å²) >= 11 is 2.25. The monoisotopic (exact) mass is 365 g/mol. The zero-order valence-corrected chi connectivity index (χ0v) is 12.5. The maximum Gasteiger partial charge on any atom is 0.125 e. The number of methoxy groups -OCH3 is 1. The smallest absolute Gasteiger partial charge is 0.125 e. The van der Waals surface area contributed by atoms with Gasteiger partial charge in [0.25, 0.3) is 0 Å². The minimum Gasteiger partial charge on any atom is -0.496 e. The molecule has 0 aliphatic carbocycles. The minimum atomic E-state index is 0.374. The summed E-state index contributed by atoms with van der Waals surface area (Å²) in [6, 6.07) is 15.2. The van der Waals surface area contributed by atoms with Crippen LogP contribution in [0.4, 0.5) is 0 Å². The van der Waals surface area contributed by atoms with E-state index in [1.54, 1.807) is 25.3 Å². The lowest BCUT2D eigenvalue weighted by molar-refractivity contribution is 0.296. The van der Waals surface area contributed by atoms with Crippen LogP contribution in [0.1, 0.15) is 11.1 Å². The predicted molar refractivity (Wildman–Crippen MR) is 81.2 cm³/mol. The second kappa shape index (κ2) is 6.43. The number of nitriles is 1. The lowest BCUT2D eigenvalue weighted by atomic mass is 10.1. The van der Waals surface area contributed by atoms with Gasteiger partial charge >= 0.3 is 0 Å². The Labute approximate surface area is 125 Å². The van der Waals surface area contributed by atoms with Crippen LogP contribution in [0.5, 0.6) is 11.5 Å². The fraction of sp³-hybridized carbons (Fsp3) is 0.133. The Kier molecular flexibility index (Phi) is 4.63. The number of benzene rings is 2. The summed E-state index contributed by atoms with van der Waals surface area (Å²) in [4.78, 5) is 0. The first-order valence-electron chi connectivity index (χ1n) is 5.68. The summed E-state index contributed by atoms with van der Waals surface area (Å²) < 4.78 is 12.1. The zero-order chi connectivity index (χ0) is 13.7. The molecule has 19 heavy (non-hydrogen) atoms. The van der Waals surface area contributed by atoms with Crippen LogP contribution in [0.15, 0.2) is 42.5 Å². The molecule has 0 aliphatic rings. The highest BCUT2D eigenvalue weighted by atomic mass is 127. The molecule has 0 saturated heterocycles. The molecule has 0 unspecified atom stereocenters. The molecule has 0 fully saturated rings. The predicted octanol–water partition coefficient (Wildman–Crippen LogP) is 3.75. The van der Waals surface area contributed by atoms with Crippen molar-refractivity contribution in [1.82, 2.24) is 0 Å². The maximum absolute atomic E-state index is 8.91. The lowest BCUT2D eigenvalue weighted by Gasteiger charge is -2.10. The van der Waals surface area contributed by atoms with Gasteiger partial charge in [0, 0.05) is 9.13 Å². The first kappa shape index (κ1) is 13.7. The Balaban J connectivity index is 2.14. The van der Waals surface area contributed by atoms with Gasteiger partial charge in [-0.1, -0.05) is 0 Å². The first-order valence-corrected chi connectivity index (χ1v) is 6.76. The SMILES string of the molecule is COc1ccc(C#N)cc1COc1ccc(I)cc1. The molecule has 4 heteroatoms. The molecule has 0 radical (unpaired) electrons. The van der Waals surface area contributed by atoms with Gasteiger partial charge in [-0.15, -0.1) is 0 Å². The third-order valence-corrected chi connectivity index (χ3v) is 3.34. The van der Waals surface area contributed by atoms with Gasteiger partial charge in [-0.3, -0.25) is 0 Å². The number of hydrogen-bond acceptors (Lipinski definition) is 3. The molecule has 0 spiro atoms. The fourth-order valence-corrected chi connectivity index (χ4v) is 2.01. The number of hydrogen-bond donors (Lipinski definition) is 0. The van der Waals surface area contributed by atoms with Crippen LogP contribution in [0.2, 0.25) is 0 Å². The molecule has 2 aromatic carbocycles. The third kappa shape index (κ3) is 3.61. The molecule has 0 N–H and O–H groups in total. The van der Waals surface area contributed by atoms with Crippen LogP contribution in [-0.2, 0) is 6.61 Å². The Morgan fingerprint density at radius 1 is 1.16 bits per heavy atom. The lowest BCUT2D eigenvalue weighted by Crippen LogP contribution is -1.99. The summed E-state index contributed by atoms with van der Waals surface area (Å²) in [5.74, 6) is 1.52. The fourth-order valence-electron chi connectivity index (χ4n) is 1.65. The Bertz CT molecular complexity index is 603. The standard InChI is InChI=1S/C15H12INO2/c1-18-15-7-2-11(9-17)8-12(15)10-19-14-5-3-13(16)4-6-14/h2-8H,10H2,1H3. The van der Waals surface area contributed by atoms with Crippen molar-refractivity contribution in [2.24, 2.45) is 0 Å². The summed E-state index contributed by atoms with van der Waals surface area (Å²) in [5.41, 5.74) is 1.46. The van der Waals surface area contributed by atoms with E-state index in [0.29, 0.717) is 12.2 Å². The van der Waals surface area contributed by atoms with Crippen molar-refractivity contribution in [1.29, 1.82) is 5.26 Å². The zero-order valence-electron chi connectivity index (χ0n) is 10.4. The molecule has 0 amide bonds. The molecule has 96 valence electrons. The molecule has 0 aliphatic heterocycles. The number of halogens is 1. The summed E-state index contributed by atoms with van der Waals surface area (Å²) in [7, 11) is 1.61. The highest BCUT2D eigenvalue weighted by Gasteiger charge is 2.05. The van der Waals surface area contributed by atoms with E-state index in [4.69, 9.17) is 14.7 Å². The molecule has 0 saturated carbocycles. The van der Waals surface area contributed by atoms with Crippen LogP contribution in [0.25, 0.3) is 0 Å². The van der Waals surface area contributed by atoms with Crippen molar-refractivity contribution in [2.45, 2.75) is 6.61 Å². The first-order chi connectivity index (χ1) is 9.22. The van der Waals surface area contributed by atoms with Gasteiger partial charge < -0.3 is 9.47 Å². The van der Waals surface area contributed by atoms with Gasteiger partial charge in [0.15, 0.2) is 0 Å². The largest absolute Gasteiger partial charge is 0.496 e. The van der Waals surface area contributed by atoms with Gasteiger partial charge in [-0.05, 0) is 65.1 Å². The van der Waals surface area contributed by atoms with Crippen LogP contribution in [0, 0.1) is 14.9 Å². The van der Waals surface area contributed by atoms with E-state index in [0.717, 1.165) is 20.6 Å². The quantitative estimate of drug-likeness (QED) is 0.775. The van der Waals surface area contributed by atoms with Gasteiger partial charge in [0.05, 0.1) is 18.7 Å². The number of ether oxygens (including phenoxy) is 2. The van der Waals surface area contributed by atoms with Crippen molar-refractivity contribution in [2.75, 3.05) is 7.11 Å². The van der Waals surface area contributed by atoms with E-state index >= 15 is 0 Å². The Hall–Kier alpha value is -1.74. The number of nitrogens with zero attached hydrogens (tertiary/aromatic N) is 1. The molecule has 0 heterocycles. The Morgan fingerprint density at radius 3 is 2.53 bits per heavy atom. The van der Waals surface area contributed by atoms with Crippen LogP contribution in [-0.4, -0.2) is 7.11 Å². The average Bonchev–Trinajstić information content (AvgIpc) is 2.46. The molecule has 3 nitrogen and oxygen atoms in total. The van der Waals surface area contributed by atoms with Gasteiger partial charge in [-0.2, -0.15) is 5.26 Å². The second-order valence-electron chi connectivity index (χ2n) is 3.88.